The lowest BCUT2D eigenvalue weighted by atomic mass is 10.0. The summed E-state index contributed by atoms with van der Waals surface area (Å²) in [6, 6.07) is 7.10. The Kier molecular flexibility index (Phi) is 3.33. The molecule has 4 heteroatoms. The Morgan fingerprint density at radius 3 is 2.82 bits per heavy atom. The van der Waals surface area contributed by atoms with Gasteiger partial charge in [0.1, 0.15) is 12.4 Å². The molecule has 17 heavy (non-hydrogen) atoms. The summed E-state index contributed by atoms with van der Waals surface area (Å²) >= 11 is 0. The van der Waals surface area contributed by atoms with E-state index in [1.807, 2.05) is 38.1 Å². The average Bonchev–Trinajstić information content (AvgIpc) is 2.36. The smallest absolute Gasteiger partial charge is 0.244 e. The predicted octanol–water partition coefficient (Wildman–Crippen LogP) is 1.40. The van der Waals surface area contributed by atoms with Crippen LogP contribution in [0.15, 0.2) is 24.3 Å². The third-order valence-electron chi connectivity index (χ3n) is 3.00. The number of para-hydroxylation sites is 2. The van der Waals surface area contributed by atoms with Gasteiger partial charge in [0.2, 0.25) is 5.91 Å². The number of ether oxygens (including phenoxy) is 1. The lowest BCUT2D eigenvalue weighted by molar-refractivity contribution is -0.120. The van der Waals surface area contributed by atoms with Crippen LogP contribution in [0, 0.1) is 5.92 Å². The highest BCUT2D eigenvalue weighted by molar-refractivity contribution is 5.98. The number of amides is 1. The van der Waals surface area contributed by atoms with E-state index in [-0.39, 0.29) is 11.8 Å². The van der Waals surface area contributed by atoms with Crippen LogP contribution in [0.2, 0.25) is 0 Å². The van der Waals surface area contributed by atoms with Gasteiger partial charge in [-0.3, -0.25) is 4.79 Å². The lowest BCUT2D eigenvalue weighted by Gasteiger charge is -2.32. The van der Waals surface area contributed by atoms with Crippen LogP contribution in [0.5, 0.6) is 5.75 Å². The van der Waals surface area contributed by atoms with E-state index in [4.69, 9.17) is 10.5 Å². The Morgan fingerprint density at radius 1 is 1.41 bits per heavy atom. The van der Waals surface area contributed by atoms with Gasteiger partial charge in [-0.15, -0.1) is 0 Å². The molecule has 1 amide bonds. The molecule has 1 atom stereocenters. The molecule has 1 aliphatic rings. The quantitative estimate of drug-likeness (QED) is 0.841. The minimum atomic E-state index is -0.457. The van der Waals surface area contributed by atoms with E-state index < -0.39 is 6.04 Å². The average molecular weight is 234 g/mol. The molecule has 0 spiro atoms. The summed E-state index contributed by atoms with van der Waals surface area (Å²) < 4.78 is 5.51. The minimum absolute atomic E-state index is 0.0317. The van der Waals surface area contributed by atoms with Crippen LogP contribution in [0.1, 0.15) is 13.8 Å². The predicted molar refractivity (Wildman–Crippen MR) is 67.1 cm³/mol. The highest BCUT2D eigenvalue weighted by Gasteiger charge is 2.28. The number of hydrogen-bond donors (Lipinski definition) is 1. The second kappa shape index (κ2) is 4.75. The summed E-state index contributed by atoms with van der Waals surface area (Å²) in [5, 5.41) is 0. The molecule has 1 heterocycles. The number of carbonyl (C=O) groups excluding carboxylic acids is 1. The standard InChI is InChI=1S/C13H18N2O2/c1-9(2)12(14)13(16)15-7-8-17-11-6-4-3-5-10(11)15/h3-6,9,12H,7-8,14H2,1-2H3/t12-/m1/s1. The number of hydrogen-bond acceptors (Lipinski definition) is 3. The van der Waals surface area contributed by atoms with Gasteiger partial charge >= 0.3 is 0 Å². The van der Waals surface area contributed by atoms with Gasteiger partial charge in [-0.05, 0) is 18.1 Å². The number of benzene rings is 1. The van der Waals surface area contributed by atoms with Crippen molar-refractivity contribution in [2.75, 3.05) is 18.1 Å². The number of nitrogens with zero attached hydrogens (tertiary/aromatic N) is 1. The highest BCUT2D eigenvalue weighted by Crippen LogP contribution is 2.31. The molecule has 92 valence electrons. The van der Waals surface area contributed by atoms with Gasteiger partial charge in [0.25, 0.3) is 0 Å². The van der Waals surface area contributed by atoms with Crippen LogP contribution in [0.4, 0.5) is 5.69 Å². The second-order valence-corrected chi connectivity index (χ2v) is 4.58. The maximum atomic E-state index is 12.2. The first-order valence-electron chi connectivity index (χ1n) is 5.90. The molecular formula is C13H18N2O2. The summed E-state index contributed by atoms with van der Waals surface area (Å²) in [4.78, 5) is 14.0. The van der Waals surface area contributed by atoms with Gasteiger partial charge in [-0.25, -0.2) is 0 Å². The SMILES string of the molecule is CC(C)[C@@H](N)C(=O)N1CCOc2ccccc21. The molecule has 0 saturated heterocycles. The molecule has 0 unspecified atom stereocenters. The summed E-state index contributed by atoms with van der Waals surface area (Å²) in [6.45, 7) is 4.99. The first kappa shape index (κ1) is 11.9. The van der Waals surface area contributed by atoms with Crippen molar-refractivity contribution in [1.82, 2.24) is 0 Å². The van der Waals surface area contributed by atoms with Gasteiger partial charge in [0.05, 0.1) is 18.3 Å². The summed E-state index contributed by atoms with van der Waals surface area (Å²) in [7, 11) is 0. The van der Waals surface area contributed by atoms with Crippen molar-refractivity contribution in [3.63, 3.8) is 0 Å². The van der Waals surface area contributed by atoms with E-state index in [1.165, 1.54) is 0 Å². The summed E-state index contributed by atoms with van der Waals surface area (Å²) in [5.74, 6) is 0.858. The number of anilines is 1. The first-order chi connectivity index (χ1) is 8.11. The van der Waals surface area contributed by atoms with Crippen LogP contribution in [-0.2, 0) is 4.79 Å². The van der Waals surface area contributed by atoms with Gasteiger partial charge < -0.3 is 15.4 Å². The Labute approximate surface area is 101 Å². The molecule has 0 radical (unpaired) electrons. The molecule has 0 bridgehead atoms. The van der Waals surface area contributed by atoms with Crippen molar-refractivity contribution in [1.29, 1.82) is 0 Å². The van der Waals surface area contributed by atoms with E-state index >= 15 is 0 Å². The van der Waals surface area contributed by atoms with Crippen molar-refractivity contribution in [2.24, 2.45) is 11.7 Å². The molecule has 0 saturated carbocycles. The van der Waals surface area contributed by atoms with E-state index in [2.05, 4.69) is 0 Å². The van der Waals surface area contributed by atoms with Gasteiger partial charge in [0, 0.05) is 0 Å². The van der Waals surface area contributed by atoms with Crippen LogP contribution in [0.3, 0.4) is 0 Å². The molecule has 1 aromatic rings. The Balaban J connectivity index is 2.27. The van der Waals surface area contributed by atoms with Crippen LogP contribution >= 0.6 is 0 Å². The summed E-state index contributed by atoms with van der Waals surface area (Å²) in [5.41, 5.74) is 6.74. The zero-order valence-electron chi connectivity index (χ0n) is 10.2. The zero-order valence-corrected chi connectivity index (χ0v) is 10.2. The first-order valence-corrected chi connectivity index (χ1v) is 5.90. The topological polar surface area (TPSA) is 55.6 Å². The van der Waals surface area contributed by atoms with Crippen molar-refractivity contribution in [2.45, 2.75) is 19.9 Å². The van der Waals surface area contributed by atoms with Crippen LogP contribution in [0.25, 0.3) is 0 Å². The molecule has 4 nitrogen and oxygen atoms in total. The maximum Gasteiger partial charge on any atom is 0.244 e. The number of fused-ring (bicyclic) bond motifs is 1. The maximum absolute atomic E-state index is 12.2. The number of rotatable bonds is 2. The fourth-order valence-electron chi connectivity index (χ4n) is 1.86. The fourth-order valence-corrected chi connectivity index (χ4v) is 1.86. The third kappa shape index (κ3) is 2.26. The third-order valence-corrected chi connectivity index (χ3v) is 3.00. The molecular weight excluding hydrogens is 216 g/mol. The van der Waals surface area contributed by atoms with Crippen LogP contribution in [-0.4, -0.2) is 25.1 Å². The molecule has 2 rings (SSSR count). The molecule has 1 aromatic carbocycles. The van der Waals surface area contributed by atoms with E-state index in [9.17, 15) is 4.79 Å². The van der Waals surface area contributed by atoms with Crippen molar-refractivity contribution in [3.8, 4) is 5.75 Å². The highest BCUT2D eigenvalue weighted by atomic mass is 16.5. The van der Waals surface area contributed by atoms with E-state index in [1.54, 1.807) is 4.90 Å². The summed E-state index contributed by atoms with van der Waals surface area (Å²) in [6.07, 6.45) is 0. The van der Waals surface area contributed by atoms with E-state index in [0.29, 0.717) is 13.2 Å². The molecule has 2 N–H and O–H groups in total. The molecule has 0 aromatic heterocycles. The van der Waals surface area contributed by atoms with Crippen LogP contribution < -0.4 is 15.4 Å². The largest absolute Gasteiger partial charge is 0.490 e. The number of carbonyl (C=O) groups is 1. The Morgan fingerprint density at radius 2 is 2.12 bits per heavy atom. The Bertz CT molecular complexity index is 418. The van der Waals surface area contributed by atoms with E-state index in [0.717, 1.165) is 11.4 Å². The zero-order chi connectivity index (χ0) is 12.4. The van der Waals surface area contributed by atoms with Crippen molar-refractivity contribution < 1.29 is 9.53 Å². The Hall–Kier alpha value is -1.55. The van der Waals surface area contributed by atoms with Gasteiger partial charge in [-0.1, -0.05) is 26.0 Å². The van der Waals surface area contributed by atoms with Crippen molar-refractivity contribution in [3.05, 3.63) is 24.3 Å². The second-order valence-electron chi connectivity index (χ2n) is 4.58. The molecule has 0 fully saturated rings. The van der Waals surface area contributed by atoms with Gasteiger partial charge in [0.15, 0.2) is 0 Å². The monoisotopic (exact) mass is 234 g/mol. The molecule has 1 aliphatic heterocycles. The van der Waals surface area contributed by atoms with Crippen molar-refractivity contribution >= 4 is 11.6 Å². The van der Waals surface area contributed by atoms with Gasteiger partial charge in [-0.2, -0.15) is 0 Å². The normalized spacial score (nSPS) is 16.4. The lowest BCUT2D eigenvalue weighted by Crippen LogP contribution is -2.49. The number of nitrogens with two attached hydrogens (primary N) is 1. The molecule has 0 aliphatic carbocycles. The minimum Gasteiger partial charge on any atom is -0.490 e. The fraction of sp³-hybridized carbons (Fsp3) is 0.462.